The van der Waals surface area contributed by atoms with Gasteiger partial charge in [0.1, 0.15) is 17.3 Å². The Balaban J connectivity index is 2.05. The molecule has 1 aliphatic carbocycles. The summed E-state index contributed by atoms with van der Waals surface area (Å²) in [4.78, 5) is 11.9. The van der Waals surface area contributed by atoms with Crippen LogP contribution in [0.2, 0.25) is 0 Å². The van der Waals surface area contributed by atoms with E-state index in [9.17, 15) is 20.1 Å². The molecule has 0 saturated carbocycles. The van der Waals surface area contributed by atoms with Gasteiger partial charge < -0.3 is 20.1 Å². The second-order valence-electron chi connectivity index (χ2n) is 6.08. The molecule has 0 spiro atoms. The lowest BCUT2D eigenvalue weighted by Gasteiger charge is -2.28. The molecule has 2 aliphatic rings. The van der Waals surface area contributed by atoms with Crippen LogP contribution in [-0.2, 0) is 12.4 Å². The number of aromatic hydroxyl groups is 1. The molecule has 2 aromatic carbocycles. The van der Waals surface area contributed by atoms with Crippen molar-refractivity contribution in [2.75, 3.05) is 0 Å². The van der Waals surface area contributed by atoms with Crippen molar-refractivity contribution in [3.8, 4) is 11.5 Å². The Labute approximate surface area is 159 Å². The summed E-state index contributed by atoms with van der Waals surface area (Å²) in [5, 5.41) is 29.4. The first kappa shape index (κ1) is 17.1. The number of hydrogen-bond donors (Lipinski definition) is 3. The molecule has 134 valence electrons. The summed E-state index contributed by atoms with van der Waals surface area (Å²) < 4.78 is 9.47. The molecule has 0 bridgehead atoms. The smallest absolute Gasteiger partial charge is 0.336 e. The number of aliphatic hydroxyl groups is 1. The summed E-state index contributed by atoms with van der Waals surface area (Å²) in [5.41, 5.74) is 2.78. The molecule has 1 atom stereocenters. The molecular weight excluding hydrogens is 366 g/mol. The number of carboxylic acid groups (broad SMARTS) is 1. The first-order chi connectivity index (χ1) is 13.0. The van der Waals surface area contributed by atoms with Crippen molar-refractivity contribution in [1.82, 2.24) is 0 Å². The van der Waals surface area contributed by atoms with Gasteiger partial charge in [-0.2, -0.15) is 4.36 Å². The van der Waals surface area contributed by atoms with Crippen molar-refractivity contribution in [1.29, 1.82) is 0 Å². The molecule has 0 radical (unpaired) electrons. The van der Waals surface area contributed by atoms with Crippen molar-refractivity contribution < 1.29 is 24.9 Å². The van der Waals surface area contributed by atoms with Gasteiger partial charge in [0.15, 0.2) is 0 Å². The minimum Gasteiger partial charge on any atom is -0.508 e. The fraction of sp³-hybridized carbons (Fsp3) is 0.0500. The lowest BCUT2D eigenvalue weighted by atomic mass is 9.85. The summed E-state index contributed by atoms with van der Waals surface area (Å²) >= 11 is 4.67. The first-order valence-corrected chi connectivity index (χ1v) is 8.39. The number of fused-ring (bicyclic) bond motifs is 2. The number of phenols is 1. The number of nitrogens with zero attached hydrogens (tertiary/aromatic N) is 1. The van der Waals surface area contributed by atoms with Crippen molar-refractivity contribution in [2.45, 2.75) is 6.10 Å². The van der Waals surface area contributed by atoms with E-state index in [4.69, 9.17) is 4.74 Å². The maximum absolute atomic E-state index is 11.9. The van der Waals surface area contributed by atoms with Crippen molar-refractivity contribution >= 4 is 29.7 Å². The number of phenolic OH excluding ortho intramolecular Hbond substituents is 1. The van der Waals surface area contributed by atoms with Crippen LogP contribution in [-0.4, -0.2) is 27.4 Å². The van der Waals surface area contributed by atoms with Gasteiger partial charge in [-0.25, -0.2) is 4.79 Å². The predicted molar refractivity (Wildman–Crippen MR) is 101 cm³/mol. The fourth-order valence-electron chi connectivity index (χ4n) is 3.21. The Morgan fingerprint density at radius 1 is 1.15 bits per heavy atom. The van der Waals surface area contributed by atoms with Crippen LogP contribution in [0.1, 0.15) is 21.5 Å². The fourth-order valence-corrected chi connectivity index (χ4v) is 3.33. The van der Waals surface area contributed by atoms with Crippen LogP contribution in [0.5, 0.6) is 11.5 Å². The monoisotopic (exact) mass is 379 g/mol. The predicted octanol–water partition coefficient (Wildman–Crippen LogP) is 3.46. The zero-order valence-corrected chi connectivity index (χ0v) is 14.6. The van der Waals surface area contributed by atoms with Gasteiger partial charge in [-0.15, -0.1) is 0 Å². The topological polar surface area (TPSA) is 99.4 Å². The molecule has 27 heavy (non-hydrogen) atoms. The normalized spacial score (nSPS) is 17.5. The quantitative estimate of drug-likeness (QED) is 0.755. The van der Waals surface area contributed by atoms with Crippen LogP contribution in [0, 0.1) is 0 Å². The summed E-state index contributed by atoms with van der Waals surface area (Å²) in [7, 11) is 0. The Bertz CT molecular complexity index is 1080. The maximum atomic E-state index is 11.9. The van der Waals surface area contributed by atoms with Crippen LogP contribution >= 0.6 is 0 Å². The molecule has 6 nitrogen and oxygen atoms in total. The van der Waals surface area contributed by atoms with Gasteiger partial charge in [-0.3, -0.25) is 0 Å². The Kier molecular flexibility index (Phi) is 4.10. The van der Waals surface area contributed by atoms with E-state index in [1.54, 1.807) is 30.4 Å². The number of carboxylic acids is 1. The summed E-state index contributed by atoms with van der Waals surface area (Å²) in [6, 6.07) is 9.33. The summed E-state index contributed by atoms with van der Waals surface area (Å²) in [6.07, 6.45) is 3.99. The maximum Gasteiger partial charge on any atom is 0.336 e. The minimum atomic E-state index is -1.12. The van der Waals surface area contributed by atoms with E-state index < -0.39 is 12.1 Å². The molecule has 4 rings (SSSR count). The van der Waals surface area contributed by atoms with Gasteiger partial charge in [-0.1, -0.05) is 18.2 Å². The average Bonchev–Trinajstić information content (AvgIpc) is 2.65. The molecule has 2 aromatic rings. The number of aliphatic hydroxyl groups excluding tert-OH is 1. The van der Waals surface area contributed by atoms with Crippen molar-refractivity contribution in [3.05, 3.63) is 82.6 Å². The molecule has 7 heteroatoms. The largest absolute Gasteiger partial charge is 0.508 e. The first-order valence-electron chi connectivity index (χ1n) is 8.03. The molecule has 0 fully saturated rings. The van der Waals surface area contributed by atoms with Gasteiger partial charge in [-0.05, 0) is 35.9 Å². The number of rotatable bonds is 3. The molecule has 1 unspecified atom stereocenters. The van der Waals surface area contributed by atoms with E-state index in [-0.39, 0.29) is 11.3 Å². The molecule has 1 aliphatic heterocycles. The highest BCUT2D eigenvalue weighted by atomic mass is 32.1. The third-order valence-corrected chi connectivity index (χ3v) is 4.59. The van der Waals surface area contributed by atoms with E-state index in [2.05, 4.69) is 16.8 Å². The van der Waals surface area contributed by atoms with E-state index in [1.807, 2.05) is 0 Å². The zero-order valence-electron chi connectivity index (χ0n) is 13.8. The summed E-state index contributed by atoms with van der Waals surface area (Å²) in [6.45, 7) is 0. The Hall–Kier alpha value is -3.29. The Morgan fingerprint density at radius 2 is 1.93 bits per heavy atom. The van der Waals surface area contributed by atoms with Gasteiger partial charge in [0.25, 0.3) is 0 Å². The third-order valence-electron chi connectivity index (χ3n) is 4.38. The number of ether oxygens (including phenoxy) is 1. The Morgan fingerprint density at radius 3 is 2.67 bits per heavy atom. The SMILES string of the molecule is O=C(O)c1cc(N=S)ccc1C1=C2C=CC(O)C=C2Oc2cc(O)ccc21. The van der Waals surface area contributed by atoms with E-state index in [1.165, 1.54) is 24.3 Å². The van der Waals surface area contributed by atoms with Gasteiger partial charge >= 0.3 is 5.97 Å². The van der Waals surface area contributed by atoms with Gasteiger partial charge in [0.2, 0.25) is 0 Å². The van der Waals surface area contributed by atoms with E-state index >= 15 is 0 Å². The lowest BCUT2D eigenvalue weighted by molar-refractivity contribution is 0.0696. The van der Waals surface area contributed by atoms with Crippen LogP contribution in [0.4, 0.5) is 5.69 Å². The number of allylic oxidation sites excluding steroid dienone is 1. The van der Waals surface area contributed by atoms with Crippen molar-refractivity contribution in [2.24, 2.45) is 4.36 Å². The van der Waals surface area contributed by atoms with Crippen molar-refractivity contribution in [3.63, 3.8) is 0 Å². The standard InChI is InChI=1S/C20H13NO5S/c22-11-2-5-14-17(8-11)26-18-9-12(23)3-6-15(18)19(14)13-4-1-10(21-27)7-16(13)20(24)25/h1-9,11,22-23H,(H,24,25). The van der Waals surface area contributed by atoms with E-state index in [0.29, 0.717) is 39.5 Å². The highest BCUT2D eigenvalue weighted by molar-refractivity contribution is 7.47. The third kappa shape index (κ3) is 2.92. The van der Waals surface area contributed by atoms with E-state index in [0.717, 1.165) is 0 Å². The molecule has 3 N–H and O–H groups in total. The lowest BCUT2D eigenvalue weighted by Crippen LogP contribution is -2.16. The summed E-state index contributed by atoms with van der Waals surface area (Å²) in [5.74, 6) is -0.333. The zero-order chi connectivity index (χ0) is 19.1. The molecule has 0 amide bonds. The second-order valence-corrected chi connectivity index (χ2v) is 6.26. The number of aromatic carboxylic acids is 1. The van der Waals surface area contributed by atoms with Crippen LogP contribution in [0.15, 0.2) is 70.3 Å². The number of benzene rings is 2. The minimum absolute atomic E-state index is 0.0164. The second kappa shape index (κ2) is 6.46. The van der Waals surface area contributed by atoms with Gasteiger partial charge in [0, 0.05) is 35.2 Å². The molecule has 0 saturated heterocycles. The van der Waals surface area contributed by atoms with Crippen LogP contribution in [0.25, 0.3) is 5.57 Å². The number of hydrogen-bond acceptors (Lipinski definition) is 6. The molecule has 1 heterocycles. The highest BCUT2D eigenvalue weighted by Crippen LogP contribution is 2.45. The molecular formula is C20H13NO5S. The van der Waals surface area contributed by atoms with Crippen LogP contribution in [0.3, 0.4) is 0 Å². The van der Waals surface area contributed by atoms with Gasteiger partial charge in [0.05, 0.1) is 17.4 Å². The highest BCUT2D eigenvalue weighted by Gasteiger charge is 2.29. The van der Waals surface area contributed by atoms with Crippen LogP contribution < -0.4 is 4.74 Å². The molecule has 0 aromatic heterocycles. The average molecular weight is 379 g/mol. The number of carbonyl (C=O) groups is 1.